The zero-order valence-electron chi connectivity index (χ0n) is 21.2. The molecule has 200 valence electrons. The Balaban J connectivity index is 1.58. The molecular weight excluding hydrogens is 528 g/mol. The summed E-state index contributed by atoms with van der Waals surface area (Å²) in [5.41, 5.74) is 1.80. The fraction of sp³-hybridized carbons (Fsp3) is 0.231. The third kappa shape index (κ3) is 3.96. The second kappa shape index (κ2) is 9.20. The van der Waals surface area contributed by atoms with E-state index in [1.54, 1.807) is 28.1 Å². The van der Waals surface area contributed by atoms with Gasteiger partial charge in [-0.3, -0.25) is 13.6 Å². The van der Waals surface area contributed by atoms with E-state index in [4.69, 9.17) is 4.74 Å². The Kier molecular flexibility index (Phi) is 5.92. The number of ether oxygens (including phenoxy) is 1. The molecule has 0 spiro atoms. The summed E-state index contributed by atoms with van der Waals surface area (Å²) in [5, 5.41) is 3.11. The first-order chi connectivity index (χ1) is 18.7. The Bertz CT molecular complexity index is 1890. The predicted octanol–water partition coefficient (Wildman–Crippen LogP) is 3.37. The number of amides is 1. The minimum atomic E-state index is -1.29. The first kappa shape index (κ1) is 25.1. The molecule has 0 fully saturated rings. The van der Waals surface area contributed by atoms with Crippen molar-refractivity contribution < 1.29 is 18.3 Å². The highest BCUT2D eigenvalue weighted by atomic mass is 32.1. The minimum Gasteiger partial charge on any atom is -0.495 e. The molecule has 39 heavy (non-hydrogen) atoms. The molecule has 13 heteroatoms. The van der Waals surface area contributed by atoms with Crippen LogP contribution < -0.4 is 20.5 Å². The number of fused-ring (bicyclic) bond motifs is 5. The fourth-order valence-corrected chi connectivity index (χ4v) is 5.16. The lowest BCUT2D eigenvalue weighted by Gasteiger charge is -2.21. The molecule has 0 bridgehead atoms. The number of hydrogen-bond donors (Lipinski definition) is 2. The standard InChI is InChI=1S/C26H23F2N7O3S/c1-32(2)12-20(36)33-8-6-13-10-19(38-3)17(11-18(13)33)30-26-31-23-14(7-9-34(23)39)24-29-16-5-4-15(27)22(28)21(16)25(37)35(24)26/h4-5,7,9-11,39H,6,8,12H2,1-3H3,(H,30,31). The van der Waals surface area contributed by atoms with E-state index in [2.05, 4.69) is 28.1 Å². The number of thiol groups is 1. The molecule has 1 N–H and O–H groups in total. The van der Waals surface area contributed by atoms with Crippen molar-refractivity contribution in [3.63, 3.8) is 0 Å². The molecule has 5 aromatic rings. The first-order valence-electron chi connectivity index (χ1n) is 12.0. The number of likely N-dealkylation sites (N-methyl/N-ethyl adjacent to an activating group) is 1. The predicted molar refractivity (Wildman–Crippen MR) is 147 cm³/mol. The van der Waals surface area contributed by atoms with Crippen LogP contribution in [0.5, 0.6) is 5.75 Å². The number of benzene rings is 2. The summed E-state index contributed by atoms with van der Waals surface area (Å²) in [4.78, 5) is 39.1. The molecule has 1 aliphatic heterocycles. The van der Waals surface area contributed by atoms with Crippen molar-refractivity contribution in [2.24, 2.45) is 0 Å². The number of nitrogens with zero attached hydrogens (tertiary/aromatic N) is 6. The lowest BCUT2D eigenvalue weighted by atomic mass is 10.1. The van der Waals surface area contributed by atoms with E-state index in [0.29, 0.717) is 41.1 Å². The summed E-state index contributed by atoms with van der Waals surface area (Å²) in [6.07, 6.45) is 2.29. The molecule has 10 nitrogen and oxygen atoms in total. The van der Waals surface area contributed by atoms with Crippen molar-refractivity contribution in [1.82, 2.24) is 23.2 Å². The number of anilines is 3. The van der Waals surface area contributed by atoms with Gasteiger partial charge in [-0.25, -0.2) is 18.2 Å². The van der Waals surface area contributed by atoms with Crippen LogP contribution in [0.3, 0.4) is 0 Å². The third-order valence-electron chi connectivity index (χ3n) is 6.73. The number of nitrogens with one attached hydrogen (secondary N) is 1. The molecule has 0 radical (unpaired) electrons. The first-order valence-corrected chi connectivity index (χ1v) is 12.4. The van der Waals surface area contributed by atoms with Gasteiger partial charge in [-0.1, -0.05) is 12.8 Å². The SMILES string of the molecule is COc1cc2c(cc1Nc1nc3c(ccn3S)c3nc4ccc(F)c(F)c4c(=O)n13)N(C(=O)CN(C)C)CC2. The summed E-state index contributed by atoms with van der Waals surface area (Å²) >= 11 is 4.41. The molecule has 0 unspecified atom stereocenters. The average Bonchev–Trinajstić information content (AvgIpc) is 3.48. The van der Waals surface area contributed by atoms with E-state index in [9.17, 15) is 18.4 Å². The van der Waals surface area contributed by atoms with E-state index in [0.717, 1.165) is 16.0 Å². The van der Waals surface area contributed by atoms with Crippen molar-refractivity contribution in [3.05, 3.63) is 64.1 Å². The maximum atomic E-state index is 14.8. The second-order valence-electron chi connectivity index (χ2n) is 9.50. The van der Waals surface area contributed by atoms with Crippen LogP contribution >= 0.6 is 12.8 Å². The van der Waals surface area contributed by atoms with Crippen LogP contribution in [-0.2, 0) is 11.2 Å². The quantitative estimate of drug-likeness (QED) is 0.255. The monoisotopic (exact) mass is 551 g/mol. The maximum Gasteiger partial charge on any atom is 0.271 e. The van der Waals surface area contributed by atoms with Crippen LogP contribution in [-0.4, -0.2) is 63.4 Å². The molecule has 6 rings (SSSR count). The van der Waals surface area contributed by atoms with Gasteiger partial charge in [0.1, 0.15) is 11.1 Å². The van der Waals surface area contributed by atoms with Crippen molar-refractivity contribution in [3.8, 4) is 5.75 Å². The number of hydrogen-bond acceptors (Lipinski definition) is 8. The summed E-state index contributed by atoms with van der Waals surface area (Å²) in [6, 6.07) is 7.45. The molecule has 0 aliphatic carbocycles. The van der Waals surface area contributed by atoms with Gasteiger partial charge in [-0.2, -0.15) is 4.98 Å². The Labute approximate surface area is 226 Å². The Morgan fingerprint density at radius 2 is 1.97 bits per heavy atom. The van der Waals surface area contributed by atoms with Crippen molar-refractivity contribution in [1.29, 1.82) is 0 Å². The summed E-state index contributed by atoms with van der Waals surface area (Å²) < 4.78 is 37.1. The number of carbonyl (C=O) groups excluding carboxylic acids is 1. The van der Waals surface area contributed by atoms with E-state index >= 15 is 0 Å². The number of aromatic nitrogens is 4. The average molecular weight is 552 g/mol. The number of carbonyl (C=O) groups is 1. The van der Waals surface area contributed by atoms with Crippen LogP contribution in [0.25, 0.3) is 27.6 Å². The lowest BCUT2D eigenvalue weighted by Crippen LogP contribution is -2.36. The molecule has 2 aromatic carbocycles. The van der Waals surface area contributed by atoms with E-state index in [1.165, 1.54) is 17.1 Å². The largest absolute Gasteiger partial charge is 0.495 e. The normalized spacial score (nSPS) is 13.2. The van der Waals surface area contributed by atoms with Gasteiger partial charge >= 0.3 is 0 Å². The van der Waals surface area contributed by atoms with Crippen molar-refractivity contribution in [2.75, 3.05) is 44.5 Å². The Morgan fingerprint density at radius 3 is 2.72 bits per heavy atom. The topological polar surface area (TPSA) is 97.0 Å². The van der Waals surface area contributed by atoms with Gasteiger partial charge in [0.15, 0.2) is 22.9 Å². The molecule has 4 heterocycles. The second-order valence-corrected chi connectivity index (χ2v) is 9.93. The highest BCUT2D eigenvalue weighted by Gasteiger charge is 2.28. The molecular formula is C26H23F2N7O3S. The van der Waals surface area contributed by atoms with Gasteiger partial charge in [0.05, 0.1) is 30.2 Å². The van der Waals surface area contributed by atoms with Crippen molar-refractivity contribution >= 4 is 63.6 Å². The highest BCUT2D eigenvalue weighted by Crippen LogP contribution is 2.39. The molecule has 1 amide bonds. The summed E-state index contributed by atoms with van der Waals surface area (Å²) in [7, 11) is 5.15. The van der Waals surface area contributed by atoms with Gasteiger partial charge in [0.25, 0.3) is 5.56 Å². The van der Waals surface area contributed by atoms with Gasteiger partial charge in [0.2, 0.25) is 11.9 Å². The highest BCUT2D eigenvalue weighted by molar-refractivity contribution is 7.78. The lowest BCUT2D eigenvalue weighted by molar-refractivity contribution is -0.119. The van der Waals surface area contributed by atoms with Gasteiger partial charge in [-0.15, -0.1) is 0 Å². The van der Waals surface area contributed by atoms with E-state index < -0.39 is 22.6 Å². The van der Waals surface area contributed by atoms with Crippen LogP contribution in [0.1, 0.15) is 5.56 Å². The van der Waals surface area contributed by atoms with Crippen LogP contribution in [0.4, 0.5) is 26.1 Å². The van der Waals surface area contributed by atoms with Crippen molar-refractivity contribution in [2.45, 2.75) is 6.42 Å². The van der Waals surface area contributed by atoms with Gasteiger partial charge < -0.3 is 19.9 Å². The van der Waals surface area contributed by atoms with Crippen LogP contribution in [0.15, 0.2) is 41.3 Å². The maximum absolute atomic E-state index is 14.8. The summed E-state index contributed by atoms with van der Waals surface area (Å²) in [6.45, 7) is 0.765. The molecule has 0 saturated heterocycles. The number of halogens is 2. The third-order valence-corrected chi connectivity index (χ3v) is 7.05. The Hall–Kier alpha value is -4.23. The van der Waals surface area contributed by atoms with Crippen LogP contribution in [0.2, 0.25) is 0 Å². The molecule has 1 aliphatic rings. The molecule has 3 aromatic heterocycles. The summed E-state index contributed by atoms with van der Waals surface area (Å²) in [5.74, 6) is -2.07. The zero-order valence-corrected chi connectivity index (χ0v) is 22.1. The molecule has 0 atom stereocenters. The minimum absolute atomic E-state index is 0.00872. The number of methoxy groups -OCH3 is 1. The van der Waals surface area contributed by atoms with Gasteiger partial charge in [-0.05, 0) is 56.4 Å². The zero-order chi connectivity index (χ0) is 27.6. The Morgan fingerprint density at radius 1 is 1.18 bits per heavy atom. The fourth-order valence-electron chi connectivity index (χ4n) is 4.94. The van der Waals surface area contributed by atoms with E-state index in [-0.39, 0.29) is 29.6 Å². The van der Waals surface area contributed by atoms with Gasteiger partial charge in [0, 0.05) is 18.4 Å². The molecule has 0 saturated carbocycles. The van der Waals surface area contributed by atoms with Crippen LogP contribution in [0, 0.1) is 11.6 Å². The smallest absolute Gasteiger partial charge is 0.271 e. The number of rotatable bonds is 5. The van der Waals surface area contributed by atoms with E-state index in [1.807, 2.05) is 20.2 Å².